The highest BCUT2D eigenvalue weighted by Crippen LogP contribution is 2.18. The van der Waals surface area contributed by atoms with Crippen LogP contribution in [0, 0.1) is 0 Å². The fourth-order valence-corrected chi connectivity index (χ4v) is 2.75. The fraction of sp³-hybridized carbons (Fsp3) is 0.273. The SMILES string of the molecule is COC(=O)CCS(=O)(=O)c1ccc(-c2nn[nH]n2)cc1. The molecular weight excluding hydrogens is 284 g/mol. The van der Waals surface area contributed by atoms with Crippen molar-refractivity contribution in [1.29, 1.82) is 0 Å². The molecule has 0 radical (unpaired) electrons. The predicted molar refractivity (Wildman–Crippen MR) is 68.3 cm³/mol. The van der Waals surface area contributed by atoms with Crippen LogP contribution in [0.2, 0.25) is 0 Å². The normalized spacial score (nSPS) is 11.2. The Bertz CT molecular complexity index is 680. The van der Waals surface area contributed by atoms with E-state index in [0.717, 1.165) is 0 Å². The van der Waals surface area contributed by atoms with Crippen molar-refractivity contribution in [2.24, 2.45) is 0 Å². The predicted octanol–water partition coefficient (Wildman–Crippen LogP) is 0.203. The molecule has 9 heteroatoms. The van der Waals surface area contributed by atoms with Gasteiger partial charge in [0.1, 0.15) is 0 Å². The van der Waals surface area contributed by atoms with E-state index in [0.29, 0.717) is 11.4 Å². The Morgan fingerprint density at radius 2 is 2.00 bits per heavy atom. The van der Waals surface area contributed by atoms with Gasteiger partial charge in [-0.05, 0) is 29.5 Å². The molecule has 1 aromatic carbocycles. The summed E-state index contributed by atoms with van der Waals surface area (Å²) in [6.45, 7) is 0. The molecular formula is C11H12N4O4S. The molecule has 1 N–H and O–H groups in total. The standard InChI is InChI=1S/C11H12N4O4S/c1-19-10(16)6-7-20(17,18)9-4-2-8(3-5-9)11-12-14-15-13-11/h2-5H,6-7H2,1H3,(H,12,13,14,15). The summed E-state index contributed by atoms with van der Waals surface area (Å²) >= 11 is 0. The number of carbonyl (C=O) groups is 1. The molecule has 0 amide bonds. The van der Waals surface area contributed by atoms with Crippen LogP contribution in [-0.4, -0.2) is 47.9 Å². The minimum Gasteiger partial charge on any atom is -0.469 e. The van der Waals surface area contributed by atoms with Crippen molar-refractivity contribution in [2.45, 2.75) is 11.3 Å². The van der Waals surface area contributed by atoms with Crippen molar-refractivity contribution in [1.82, 2.24) is 20.6 Å². The number of nitrogens with zero attached hydrogens (tertiary/aromatic N) is 3. The van der Waals surface area contributed by atoms with Crippen LogP contribution in [0.5, 0.6) is 0 Å². The summed E-state index contributed by atoms with van der Waals surface area (Å²) in [6.07, 6.45) is -0.175. The number of carbonyl (C=O) groups excluding carboxylic acids is 1. The Labute approximate surface area is 115 Å². The highest BCUT2D eigenvalue weighted by molar-refractivity contribution is 7.91. The number of nitrogens with one attached hydrogen (secondary N) is 1. The number of hydrogen-bond acceptors (Lipinski definition) is 7. The van der Waals surface area contributed by atoms with Gasteiger partial charge in [-0.15, -0.1) is 10.2 Å². The van der Waals surface area contributed by atoms with Crippen molar-refractivity contribution in [2.75, 3.05) is 12.9 Å². The number of sulfone groups is 1. The van der Waals surface area contributed by atoms with Gasteiger partial charge in [0.05, 0.1) is 24.2 Å². The molecule has 2 rings (SSSR count). The third kappa shape index (κ3) is 3.18. The lowest BCUT2D eigenvalue weighted by atomic mass is 10.2. The van der Waals surface area contributed by atoms with Crippen LogP contribution in [0.3, 0.4) is 0 Å². The first-order valence-corrected chi connectivity index (χ1v) is 7.31. The molecule has 0 aliphatic heterocycles. The van der Waals surface area contributed by atoms with Gasteiger partial charge < -0.3 is 4.74 Å². The highest BCUT2D eigenvalue weighted by Gasteiger charge is 2.17. The molecule has 0 saturated heterocycles. The number of rotatable bonds is 5. The number of hydrogen-bond donors (Lipinski definition) is 1. The molecule has 8 nitrogen and oxygen atoms in total. The van der Waals surface area contributed by atoms with Crippen LogP contribution in [0.1, 0.15) is 6.42 Å². The number of H-pyrrole nitrogens is 1. The zero-order chi connectivity index (χ0) is 14.6. The fourth-order valence-electron chi connectivity index (χ4n) is 1.53. The Hall–Kier alpha value is -2.29. The number of tetrazole rings is 1. The van der Waals surface area contributed by atoms with Crippen molar-refractivity contribution in [3.05, 3.63) is 24.3 Å². The average Bonchev–Trinajstić information content (AvgIpc) is 2.99. The molecule has 0 spiro atoms. The maximum absolute atomic E-state index is 12.0. The lowest BCUT2D eigenvalue weighted by molar-refractivity contribution is -0.140. The van der Waals surface area contributed by atoms with Gasteiger partial charge in [-0.3, -0.25) is 4.79 Å². The molecule has 20 heavy (non-hydrogen) atoms. The number of ether oxygens (including phenoxy) is 1. The highest BCUT2D eigenvalue weighted by atomic mass is 32.2. The Morgan fingerprint density at radius 3 is 2.55 bits per heavy atom. The van der Waals surface area contributed by atoms with Gasteiger partial charge in [-0.2, -0.15) is 5.21 Å². The van der Waals surface area contributed by atoms with Gasteiger partial charge >= 0.3 is 5.97 Å². The van der Waals surface area contributed by atoms with Crippen molar-refractivity contribution in [3.8, 4) is 11.4 Å². The molecule has 106 valence electrons. The van der Waals surface area contributed by atoms with Crippen LogP contribution >= 0.6 is 0 Å². The number of aromatic amines is 1. The topological polar surface area (TPSA) is 115 Å². The number of esters is 1. The number of benzene rings is 1. The second-order valence-electron chi connectivity index (χ2n) is 3.90. The maximum Gasteiger partial charge on any atom is 0.306 e. The van der Waals surface area contributed by atoms with E-state index in [9.17, 15) is 13.2 Å². The second kappa shape index (κ2) is 5.78. The van der Waals surface area contributed by atoms with E-state index in [1.54, 1.807) is 12.1 Å². The largest absolute Gasteiger partial charge is 0.469 e. The van der Waals surface area contributed by atoms with Crippen molar-refractivity contribution >= 4 is 15.8 Å². The minimum absolute atomic E-state index is 0.133. The summed E-state index contributed by atoms with van der Waals surface area (Å²) in [4.78, 5) is 11.1. The quantitative estimate of drug-likeness (QED) is 0.784. The maximum atomic E-state index is 12.0. The summed E-state index contributed by atoms with van der Waals surface area (Å²) in [6, 6.07) is 6.04. The average molecular weight is 296 g/mol. The van der Waals surface area contributed by atoms with E-state index in [4.69, 9.17) is 0 Å². The van der Waals surface area contributed by atoms with Crippen LogP contribution in [0.25, 0.3) is 11.4 Å². The first-order chi connectivity index (χ1) is 9.53. The van der Waals surface area contributed by atoms with Gasteiger partial charge in [-0.1, -0.05) is 0 Å². The van der Waals surface area contributed by atoms with E-state index in [-0.39, 0.29) is 17.1 Å². The lowest BCUT2D eigenvalue weighted by Gasteiger charge is -2.04. The summed E-state index contributed by atoms with van der Waals surface area (Å²) in [5.41, 5.74) is 0.644. The first-order valence-electron chi connectivity index (χ1n) is 5.66. The zero-order valence-corrected chi connectivity index (χ0v) is 11.4. The Balaban J connectivity index is 2.15. The molecule has 0 aliphatic rings. The minimum atomic E-state index is -3.52. The summed E-state index contributed by atoms with van der Waals surface area (Å²) in [5, 5.41) is 13.3. The third-order valence-electron chi connectivity index (χ3n) is 2.62. The van der Waals surface area contributed by atoms with E-state index >= 15 is 0 Å². The molecule has 1 heterocycles. The van der Waals surface area contributed by atoms with E-state index < -0.39 is 15.8 Å². The van der Waals surface area contributed by atoms with Crippen LogP contribution in [0.15, 0.2) is 29.2 Å². The smallest absolute Gasteiger partial charge is 0.306 e. The Morgan fingerprint density at radius 1 is 1.30 bits per heavy atom. The van der Waals surface area contributed by atoms with Gasteiger partial charge in [0.25, 0.3) is 0 Å². The van der Waals surface area contributed by atoms with E-state index in [1.807, 2.05) is 0 Å². The first kappa shape index (κ1) is 14.1. The molecule has 1 aromatic heterocycles. The molecule has 0 fully saturated rings. The molecule has 0 bridgehead atoms. The lowest BCUT2D eigenvalue weighted by Crippen LogP contribution is -2.12. The molecule has 0 saturated carbocycles. The zero-order valence-electron chi connectivity index (χ0n) is 10.6. The van der Waals surface area contributed by atoms with Gasteiger partial charge in [0, 0.05) is 5.56 Å². The van der Waals surface area contributed by atoms with Crippen LogP contribution in [-0.2, 0) is 19.4 Å². The summed E-state index contributed by atoms with van der Waals surface area (Å²) in [7, 11) is -2.30. The Kier molecular flexibility index (Phi) is 4.08. The van der Waals surface area contributed by atoms with E-state index in [2.05, 4.69) is 25.4 Å². The van der Waals surface area contributed by atoms with Crippen LogP contribution < -0.4 is 0 Å². The summed E-state index contributed by atoms with van der Waals surface area (Å²) in [5.74, 6) is -0.471. The number of aromatic nitrogens is 4. The third-order valence-corrected chi connectivity index (χ3v) is 4.35. The monoisotopic (exact) mass is 296 g/mol. The van der Waals surface area contributed by atoms with E-state index in [1.165, 1.54) is 19.2 Å². The van der Waals surface area contributed by atoms with Crippen molar-refractivity contribution in [3.63, 3.8) is 0 Å². The van der Waals surface area contributed by atoms with Crippen LogP contribution in [0.4, 0.5) is 0 Å². The molecule has 2 aromatic rings. The number of methoxy groups -OCH3 is 1. The van der Waals surface area contributed by atoms with Crippen molar-refractivity contribution < 1.29 is 17.9 Å². The van der Waals surface area contributed by atoms with Gasteiger partial charge in [0.2, 0.25) is 5.82 Å². The van der Waals surface area contributed by atoms with Gasteiger partial charge in [-0.25, -0.2) is 8.42 Å². The van der Waals surface area contributed by atoms with Gasteiger partial charge in [0.15, 0.2) is 9.84 Å². The molecule has 0 aliphatic carbocycles. The second-order valence-corrected chi connectivity index (χ2v) is 6.01. The molecule has 0 unspecified atom stereocenters. The summed E-state index contributed by atoms with van der Waals surface area (Å²) < 4.78 is 28.4. The molecule has 0 atom stereocenters.